The molecule has 0 saturated heterocycles. The predicted molar refractivity (Wildman–Crippen MR) is 78.9 cm³/mol. The fraction of sp³-hybridized carbons (Fsp3) is 0.533. The Kier molecular flexibility index (Phi) is 6.87. The fourth-order valence-corrected chi connectivity index (χ4v) is 1.94. The molecule has 1 atom stereocenters. The van der Waals surface area contributed by atoms with Gasteiger partial charge in [0.2, 0.25) is 0 Å². The van der Waals surface area contributed by atoms with Crippen LogP contribution in [0.25, 0.3) is 0 Å². The number of methoxy groups -OCH3 is 1. The van der Waals surface area contributed by atoms with Gasteiger partial charge in [0.15, 0.2) is 0 Å². The third-order valence-corrected chi connectivity index (χ3v) is 3.19. The molecule has 0 aromatic heterocycles. The van der Waals surface area contributed by atoms with Crippen LogP contribution in [0.5, 0.6) is 5.75 Å². The van der Waals surface area contributed by atoms with Crippen LogP contribution in [0, 0.1) is 6.92 Å². The molecule has 0 aliphatic rings. The van der Waals surface area contributed by atoms with Crippen molar-refractivity contribution in [2.24, 2.45) is 0 Å². The number of hydrogen-bond donors (Lipinski definition) is 3. The molecule has 20 heavy (non-hydrogen) atoms. The average Bonchev–Trinajstić information content (AvgIpc) is 2.45. The summed E-state index contributed by atoms with van der Waals surface area (Å²) in [4.78, 5) is 11.8. The lowest BCUT2D eigenvalue weighted by Crippen LogP contribution is -2.41. The second-order valence-electron chi connectivity index (χ2n) is 4.76. The third-order valence-electron chi connectivity index (χ3n) is 3.19. The highest BCUT2D eigenvalue weighted by atomic mass is 16.5. The van der Waals surface area contributed by atoms with E-state index in [2.05, 4.69) is 10.6 Å². The summed E-state index contributed by atoms with van der Waals surface area (Å²) in [5.74, 6) is 0.771. The van der Waals surface area contributed by atoms with Crippen molar-refractivity contribution >= 4 is 6.03 Å². The lowest BCUT2D eigenvalue weighted by molar-refractivity contribution is 0.227. The second-order valence-corrected chi connectivity index (χ2v) is 4.76. The number of carbonyl (C=O) groups is 1. The topological polar surface area (TPSA) is 70.6 Å². The van der Waals surface area contributed by atoms with E-state index in [0.29, 0.717) is 13.0 Å². The zero-order valence-corrected chi connectivity index (χ0v) is 12.4. The number of hydrogen-bond acceptors (Lipinski definition) is 3. The summed E-state index contributed by atoms with van der Waals surface area (Å²) in [5.41, 5.74) is 2.05. The summed E-state index contributed by atoms with van der Waals surface area (Å²) in [6.45, 7) is 4.45. The number of amides is 2. The number of urea groups is 1. The maximum atomic E-state index is 11.8. The van der Waals surface area contributed by atoms with Crippen molar-refractivity contribution in [2.75, 3.05) is 13.7 Å². The summed E-state index contributed by atoms with van der Waals surface area (Å²) in [6, 6.07) is 5.64. The molecule has 0 bridgehead atoms. The Morgan fingerprint density at radius 3 is 2.80 bits per heavy atom. The highest BCUT2D eigenvalue weighted by Crippen LogP contribution is 2.19. The average molecular weight is 280 g/mol. The van der Waals surface area contributed by atoms with Gasteiger partial charge in [0.25, 0.3) is 0 Å². The first kappa shape index (κ1) is 16.3. The molecule has 0 aliphatic carbocycles. The first-order valence-electron chi connectivity index (χ1n) is 6.89. The maximum Gasteiger partial charge on any atom is 0.315 e. The number of benzene rings is 1. The van der Waals surface area contributed by atoms with E-state index < -0.39 is 0 Å². The number of rotatable bonds is 7. The van der Waals surface area contributed by atoms with E-state index in [1.54, 1.807) is 7.11 Å². The van der Waals surface area contributed by atoms with Gasteiger partial charge < -0.3 is 20.5 Å². The van der Waals surface area contributed by atoms with Crippen LogP contribution in [0.4, 0.5) is 4.79 Å². The Morgan fingerprint density at radius 2 is 2.20 bits per heavy atom. The number of aliphatic hydroxyl groups excluding tert-OH is 1. The van der Waals surface area contributed by atoms with Crippen molar-refractivity contribution in [2.45, 2.75) is 39.3 Å². The van der Waals surface area contributed by atoms with Gasteiger partial charge in [-0.1, -0.05) is 19.1 Å². The van der Waals surface area contributed by atoms with E-state index >= 15 is 0 Å². The predicted octanol–water partition coefficient (Wildman–Crippen LogP) is 1.96. The van der Waals surface area contributed by atoms with Gasteiger partial charge in [-0.2, -0.15) is 0 Å². The number of nitrogens with one attached hydrogen (secondary N) is 2. The van der Waals surface area contributed by atoms with Gasteiger partial charge in [0.1, 0.15) is 5.75 Å². The standard InChI is InChI=1S/C15H24N2O3/c1-4-13(7-8-18)17-15(19)16-10-12-6-5-11(2)9-14(12)20-3/h5-6,9,13,18H,4,7-8,10H2,1-3H3,(H2,16,17,19). The molecule has 3 N–H and O–H groups in total. The molecular weight excluding hydrogens is 256 g/mol. The monoisotopic (exact) mass is 280 g/mol. The van der Waals surface area contributed by atoms with E-state index in [1.807, 2.05) is 32.0 Å². The zero-order valence-electron chi connectivity index (χ0n) is 12.4. The number of ether oxygens (including phenoxy) is 1. The van der Waals surface area contributed by atoms with Crippen LogP contribution in [0.1, 0.15) is 30.9 Å². The van der Waals surface area contributed by atoms with Gasteiger partial charge >= 0.3 is 6.03 Å². The minimum Gasteiger partial charge on any atom is -0.496 e. The summed E-state index contributed by atoms with van der Waals surface area (Å²) < 4.78 is 5.29. The molecule has 0 saturated carbocycles. The van der Waals surface area contributed by atoms with Crippen LogP contribution in [0.3, 0.4) is 0 Å². The lowest BCUT2D eigenvalue weighted by Gasteiger charge is -2.17. The highest BCUT2D eigenvalue weighted by molar-refractivity contribution is 5.74. The first-order valence-corrected chi connectivity index (χ1v) is 6.89. The van der Waals surface area contributed by atoms with Gasteiger partial charge in [0.05, 0.1) is 7.11 Å². The van der Waals surface area contributed by atoms with E-state index in [1.165, 1.54) is 0 Å². The second kappa shape index (κ2) is 8.43. The number of aryl methyl sites for hydroxylation is 1. The molecule has 0 heterocycles. The first-order chi connectivity index (χ1) is 9.60. The summed E-state index contributed by atoms with van der Waals surface area (Å²) in [7, 11) is 1.62. The van der Waals surface area contributed by atoms with Crippen molar-refractivity contribution in [3.63, 3.8) is 0 Å². The summed E-state index contributed by atoms with van der Waals surface area (Å²) in [6.07, 6.45) is 1.36. The molecule has 0 radical (unpaired) electrons. The minimum atomic E-state index is -0.229. The van der Waals surface area contributed by atoms with Crippen LogP contribution in [0.15, 0.2) is 18.2 Å². The Bertz CT molecular complexity index is 435. The van der Waals surface area contributed by atoms with Gasteiger partial charge in [0, 0.05) is 24.8 Å². The van der Waals surface area contributed by atoms with Crippen molar-refractivity contribution in [3.05, 3.63) is 29.3 Å². The summed E-state index contributed by atoms with van der Waals surface area (Å²) in [5, 5.41) is 14.5. The zero-order chi connectivity index (χ0) is 15.0. The van der Waals surface area contributed by atoms with Crippen LogP contribution < -0.4 is 15.4 Å². The van der Waals surface area contributed by atoms with E-state index in [4.69, 9.17) is 9.84 Å². The largest absolute Gasteiger partial charge is 0.496 e. The SMILES string of the molecule is CCC(CCO)NC(=O)NCc1ccc(C)cc1OC. The normalized spacial score (nSPS) is 11.8. The quantitative estimate of drug-likeness (QED) is 0.715. The van der Waals surface area contributed by atoms with Crippen molar-refractivity contribution in [1.29, 1.82) is 0 Å². The molecular formula is C15H24N2O3. The molecule has 1 aromatic rings. The molecule has 1 unspecified atom stereocenters. The van der Waals surface area contributed by atoms with Crippen LogP contribution >= 0.6 is 0 Å². The van der Waals surface area contributed by atoms with Gasteiger partial charge in [-0.05, 0) is 31.4 Å². The van der Waals surface area contributed by atoms with Gasteiger partial charge in [-0.25, -0.2) is 4.79 Å². The Labute approximate surface area is 120 Å². The molecule has 0 spiro atoms. The molecule has 1 aromatic carbocycles. The smallest absolute Gasteiger partial charge is 0.315 e. The molecule has 0 aliphatic heterocycles. The fourth-order valence-electron chi connectivity index (χ4n) is 1.94. The number of aliphatic hydroxyl groups is 1. The van der Waals surface area contributed by atoms with Crippen molar-refractivity contribution in [3.8, 4) is 5.75 Å². The Hall–Kier alpha value is -1.75. The highest BCUT2D eigenvalue weighted by Gasteiger charge is 2.10. The molecule has 2 amide bonds. The van der Waals surface area contributed by atoms with Crippen LogP contribution in [0.2, 0.25) is 0 Å². The van der Waals surface area contributed by atoms with E-state index in [-0.39, 0.29) is 18.7 Å². The molecule has 0 fully saturated rings. The minimum absolute atomic E-state index is 0.0000802. The van der Waals surface area contributed by atoms with Crippen molar-refractivity contribution < 1.29 is 14.6 Å². The van der Waals surface area contributed by atoms with Crippen LogP contribution in [-0.4, -0.2) is 30.9 Å². The van der Waals surface area contributed by atoms with Crippen LogP contribution in [-0.2, 0) is 6.54 Å². The van der Waals surface area contributed by atoms with E-state index in [0.717, 1.165) is 23.3 Å². The Balaban J connectivity index is 2.52. The molecule has 5 nitrogen and oxygen atoms in total. The third kappa shape index (κ3) is 5.09. The Morgan fingerprint density at radius 1 is 1.45 bits per heavy atom. The maximum absolute atomic E-state index is 11.8. The van der Waals surface area contributed by atoms with E-state index in [9.17, 15) is 4.79 Å². The molecule has 5 heteroatoms. The number of carbonyl (C=O) groups excluding carboxylic acids is 1. The molecule has 1 rings (SSSR count). The van der Waals surface area contributed by atoms with Crippen molar-refractivity contribution in [1.82, 2.24) is 10.6 Å². The lowest BCUT2D eigenvalue weighted by atomic mass is 10.1. The van der Waals surface area contributed by atoms with Gasteiger partial charge in [-0.3, -0.25) is 0 Å². The summed E-state index contributed by atoms with van der Waals surface area (Å²) >= 11 is 0. The molecule has 112 valence electrons. The van der Waals surface area contributed by atoms with Gasteiger partial charge in [-0.15, -0.1) is 0 Å².